The SMILES string of the molecule is CCOc1cc(C=NNC(=O)c2ccncc2)ccc1OC(=O)c1cccc([N+](=O)[O-])c1. The fourth-order valence-corrected chi connectivity index (χ4v) is 2.60. The van der Waals surface area contributed by atoms with E-state index in [1.54, 1.807) is 31.2 Å². The fraction of sp³-hybridized carbons (Fsp3) is 0.0909. The monoisotopic (exact) mass is 434 g/mol. The molecule has 0 unspecified atom stereocenters. The van der Waals surface area contributed by atoms with Crippen molar-refractivity contribution in [1.82, 2.24) is 10.4 Å². The van der Waals surface area contributed by atoms with Gasteiger partial charge in [-0.2, -0.15) is 5.10 Å². The van der Waals surface area contributed by atoms with E-state index in [-0.39, 0.29) is 22.7 Å². The predicted octanol–water partition coefficient (Wildman–Crippen LogP) is 3.37. The molecule has 0 saturated heterocycles. The highest BCUT2D eigenvalue weighted by atomic mass is 16.6. The van der Waals surface area contributed by atoms with Gasteiger partial charge >= 0.3 is 5.97 Å². The van der Waals surface area contributed by atoms with E-state index in [4.69, 9.17) is 9.47 Å². The molecular formula is C22H18N4O6. The van der Waals surface area contributed by atoms with E-state index in [1.807, 2.05) is 0 Å². The number of hydrogen-bond donors (Lipinski definition) is 1. The van der Waals surface area contributed by atoms with Gasteiger partial charge in [-0.25, -0.2) is 10.2 Å². The topological polar surface area (TPSA) is 133 Å². The van der Waals surface area contributed by atoms with Crippen LogP contribution in [-0.2, 0) is 0 Å². The number of hydrogen-bond acceptors (Lipinski definition) is 8. The Bertz CT molecular complexity index is 1160. The lowest BCUT2D eigenvalue weighted by Gasteiger charge is -2.11. The van der Waals surface area contributed by atoms with Gasteiger partial charge in [0.1, 0.15) is 0 Å². The average molecular weight is 434 g/mol. The second-order valence-electron chi connectivity index (χ2n) is 6.27. The third-order valence-corrected chi connectivity index (χ3v) is 4.09. The number of hydrazone groups is 1. The number of non-ortho nitro benzene ring substituents is 1. The molecule has 1 N–H and O–H groups in total. The number of aromatic nitrogens is 1. The van der Waals surface area contributed by atoms with Gasteiger partial charge in [0.15, 0.2) is 11.5 Å². The number of pyridine rings is 1. The molecule has 1 heterocycles. The third kappa shape index (κ3) is 5.72. The van der Waals surface area contributed by atoms with Crippen LogP contribution >= 0.6 is 0 Å². The summed E-state index contributed by atoms with van der Waals surface area (Å²) >= 11 is 0. The Morgan fingerprint density at radius 1 is 1.09 bits per heavy atom. The van der Waals surface area contributed by atoms with Crippen LogP contribution < -0.4 is 14.9 Å². The lowest BCUT2D eigenvalue weighted by Crippen LogP contribution is -2.17. The van der Waals surface area contributed by atoms with Gasteiger partial charge in [-0.3, -0.25) is 19.9 Å². The number of nitrogens with one attached hydrogen (secondary N) is 1. The maximum atomic E-state index is 12.4. The number of rotatable bonds is 8. The second kappa shape index (κ2) is 10.4. The van der Waals surface area contributed by atoms with Crippen LogP contribution in [0.5, 0.6) is 11.5 Å². The first-order chi connectivity index (χ1) is 15.5. The van der Waals surface area contributed by atoms with E-state index in [9.17, 15) is 19.7 Å². The number of amides is 1. The first kappa shape index (κ1) is 22.1. The van der Waals surface area contributed by atoms with Crippen molar-refractivity contribution in [3.63, 3.8) is 0 Å². The van der Waals surface area contributed by atoms with E-state index >= 15 is 0 Å². The highest BCUT2D eigenvalue weighted by molar-refractivity contribution is 5.95. The van der Waals surface area contributed by atoms with Crippen molar-refractivity contribution in [3.8, 4) is 11.5 Å². The Labute approximate surface area is 182 Å². The maximum Gasteiger partial charge on any atom is 0.343 e. The number of ether oxygens (including phenoxy) is 2. The highest BCUT2D eigenvalue weighted by Crippen LogP contribution is 2.29. The molecule has 0 fully saturated rings. The molecule has 3 rings (SSSR count). The molecule has 0 aliphatic heterocycles. The summed E-state index contributed by atoms with van der Waals surface area (Å²) in [6.07, 6.45) is 4.41. The van der Waals surface area contributed by atoms with Crippen LogP contribution in [-0.4, -0.2) is 34.6 Å². The smallest absolute Gasteiger partial charge is 0.343 e. The number of carbonyl (C=O) groups excluding carboxylic acids is 2. The zero-order valence-corrected chi connectivity index (χ0v) is 16.9. The van der Waals surface area contributed by atoms with Gasteiger partial charge in [-0.15, -0.1) is 0 Å². The molecule has 10 nitrogen and oxygen atoms in total. The van der Waals surface area contributed by atoms with Crippen LogP contribution in [0, 0.1) is 10.1 Å². The first-order valence-corrected chi connectivity index (χ1v) is 9.45. The van der Waals surface area contributed by atoms with E-state index in [0.29, 0.717) is 17.7 Å². The molecule has 10 heteroatoms. The molecule has 0 bridgehead atoms. The second-order valence-corrected chi connectivity index (χ2v) is 6.27. The normalized spacial score (nSPS) is 10.5. The number of nitrogens with zero attached hydrogens (tertiary/aromatic N) is 3. The van der Waals surface area contributed by atoms with Crippen molar-refractivity contribution in [3.05, 3.63) is 93.8 Å². The van der Waals surface area contributed by atoms with Gasteiger partial charge < -0.3 is 9.47 Å². The van der Waals surface area contributed by atoms with Crippen LogP contribution in [0.15, 0.2) is 72.1 Å². The van der Waals surface area contributed by atoms with Crippen molar-refractivity contribution < 1.29 is 24.0 Å². The van der Waals surface area contributed by atoms with Crippen molar-refractivity contribution in [1.29, 1.82) is 0 Å². The van der Waals surface area contributed by atoms with Gasteiger partial charge in [0.2, 0.25) is 0 Å². The van der Waals surface area contributed by atoms with Gasteiger partial charge in [-0.05, 0) is 48.9 Å². The fourth-order valence-electron chi connectivity index (χ4n) is 2.60. The number of benzene rings is 2. The Hall–Kier alpha value is -4.60. The van der Waals surface area contributed by atoms with Gasteiger partial charge in [0.05, 0.1) is 23.3 Å². The summed E-state index contributed by atoms with van der Waals surface area (Å²) in [5.74, 6) is -0.742. The Morgan fingerprint density at radius 3 is 2.59 bits per heavy atom. The van der Waals surface area contributed by atoms with Crippen LogP contribution in [0.2, 0.25) is 0 Å². The van der Waals surface area contributed by atoms with Crippen LogP contribution in [0.4, 0.5) is 5.69 Å². The molecule has 0 radical (unpaired) electrons. The lowest BCUT2D eigenvalue weighted by atomic mass is 10.2. The van der Waals surface area contributed by atoms with Gasteiger partial charge in [-0.1, -0.05) is 6.07 Å². The molecule has 2 aromatic carbocycles. The Morgan fingerprint density at radius 2 is 1.88 bits per heavy atom. The Balaban J connectivity index is 1.72. The molecule has 1 aromatic heterocycles. The standard InChI is InChI=1S/C22H18N4O6/c1-2-31-20-12-15(14-24-25-21(27)16-8-10-23-11-9-16)6-7-19(20)32-22(28)17-4-3-5-18(13-17)26(29)30/h3-14H,2H2,1H3,(H,25,27). The van der Waals surface area contributed by atoms with Crippen molar-refractivity contribution in [2.24, 2.45) is 5.10 Å². The third-order valence-electron chi connectivity index (χ3n) is 4.09. The summed E-state index contributed by atoms with van der Waals surface area (Å²) < 4.78 is 10.9. The largest absolute Gasteiger partial charge is 0.490 e. The Kier molecular flexibility index (Phi) is 7.20. The summed E-state index contributed by atoms with van der Waals surface area (Å²) in [6, 6.07) is 13.1. The molecule has 0 saturated carbocycles. The van der Waals surface area contributed by atoms with Crippen LogP contribution in [0.3, 0.4) is 0 Å². The summed E-state index contributed by atoms with van der Waals surface area (Å²) in [7, 11) is 0. The quantitative estimate of drug-likeness (QED) is 0.189. The highest BCUT2D eigenvalue weighted by Gasteiger charge is 2.16. The zero-order valence-electron chi connectivity index (χ0n) is 16.9. The first-order valence-electron chi connectivity index (χ1n) is 9.45. The van der Waals surface area contributed by atoms with Gasteiger partial charge in [0, 0.05) is 30.1 Å². The maximum absolute atomic E-state index is 12.4. The lowest BCUT2D eigenvalue weighted by molar-refractivity contribution is -0.384. The zero-order chi connectivity index (χ0) is 22.9. The van der Waals surface area contributed by atoms with Crippen LogP contribution in [0.1, 0.15) is 33.2 Å². The van der Waals surface area contributed by atoms with E-state index < -0.39 is 16.8 Å². The molecule has 3 aromatic rings. The van der Waals surface area contributed by atoms with E-state index in [0.717, 1.165) is 6.07 Å². The minimum Gasteiger partial charge on any atom is -0.490 e. The summed E-state index contributed by atoms with van der Waals surface area (Å²) in [5.41, 5.74) is 3.21. The predicted molar refractivity (Wildman–Crippen MR) is 115 cm³/mol. The van der Waals surface area contributed by atoms with E-state index in [2.05, 4.69) is 15.5 Å². The minimum absolute atomic E-state index is 0.0334. The summed E-state index contributed by atoms with van der Waals surface area (Å²) in [5, 5.41) is 14.8. The number of nitro groups is 1. The number of carbonyl (C=O) groups is 2. The van der Waals surface area contributed by atoms with Crippen molar-refractivity contribution >= 4 is 23.8 Å². The molecule has 32 heavy (non-hydrogen) atoms. The summed E-state index contributed by atoms with van der Waals surface area (Å²) in [4.78, 5) is 38.6. The van der Waals surface area contributed by atoms with E-state index in [1.165, 1.54) is 42.9 Å². The number of nitro benzene ring substituents is 1. The molecule has 0 spiro atoms. The van der Waals surface area contributed by atoms with Crippen molar-refractivity contribution in [2.45, 2.75) is 6.92 Å². The number of esters is 1. The molecular weight excluding hydrogens is 416 g/mol. The molecule has 0 aliphatic carbocycles. The molecule has 0 aliphatic rings. The molecule has 162 valence electrons. The van der Waals surface area contributed by atoms with Crippen molar-refractivity contribution in [2.75, 3.05) is 6.61 Å². The van der Waals surface area contributed by atoms with Gasteiger partial charge in [0.25, 0.3) is 11.6 Å². The minimum atomic E-state index is -0.763. The molecule has 0 atom stereocenters. The summed E-state index contributed by atoms with van der Waals surface area (Å²) in [6.45, 7) is 2.07. The van der Waals surface area contributed by atoms with Crippen LogP contribution in [0.25, 0.3) is 0 Å². The molecule has 1 amide bonds. The average Bonchev–Trinajstić information content (AvgIpc) is 2.81.